The number of likely N-dealkylation sites (tertiary alicyclic amines) is 2. The molecule has 3 aliphatic rings. The van der Waals surface area contributed by atoms with Crippen LogP contribution >= 0.6 is 0 Å². The number of aliphatic hydroxyl groups is 2. The first-order valence-electron chi connectivity index (χ1n) is 23.8. The van der Waals surface area contributed by atoms with Crippen LogP contribution < -0.4 is 10.1 Å². The average Bonchev–Trinajstić information content (AvgIpc) is 4.21. The molecule has 7 N–H and O–H groups in total. The molecule has 0 unspecified atom stereocenters. The summed E-state index contributed by atoms with van der Waals surface area (Å²) in [5, 5.41) is 69.4. The first-order chi connectivity index (χ1) is 34.0. The molecule has 2 aromatic carbocycles. The largest absolute Gasteiger partial charge is 0.507 e. The van der Waals surface area contributed by atoms with E-state index in [1.165, 1.54) is 47.6 Å². The second kappa shape index (κ2) is 27.9. The van der Waals surface area contributed by atoms with Crippen LogP contribution in [0.15, 0.2) is 73.2 Å². The predicted octanol–water partition coefficient (Wildman–Crippen LogP) is 5.53. The lowest BCUT2D eigenvalue weighted by atomic mass is 10.2. The van der Waals surface area contributed by atoms with Gasteiger partial charge in [-0.2, -0.15) is 15.3 Å². The summed E-state index contributed by atoms with van der Waals surface area (Å²) in [6, 6.07) is 14.4. The number of amides is 2. The van der Waals surface area contributed by atoms with Crippen molar-refractivity contribution in [2.75, 3.05) is 39.5 Å². The van der Waals surface area contributed by atoms with E-state index < -0.39 is 5.97 Å². The third-order valence-electron chi connectivity index (χ3n) is 11.8. The van der Waals surface area contributed by atoms with Crippen LogP contribution in [0.4, 0.5) is 0 Å². The molecular formula is C50H69N9O12. The topological polar surface area (TPSA) is 288 Å². The van der Waals surface area contributed by atoms with E-state index >= 15 is 0 Å². The maximum Gasteiger partial charge on any atom is 0.354 e. The average molecular weight is 988 g/mol. The number of benzene rings is 2. The molecule has 21 heteroatoms. The van der Waals surface area contributed by atoms with Gasteiger partial charge >= 0.3 is 5.97 Å². The van der Waals surface area contributed by atoms with E-state index in [1.807, 2.05) is 41.5 Å². The molecule has 8 rings (SSSR count). The Morgan fingerprint density at radius 3 is 1.48 bits per heavy atom. The molecular weight excluding hydrogens is 919 g/mol. The number of aromatic hydroxyl groups is 3. The van der Waals surface area contributed by atoms with Crippen molar-refractivity contribution in [1.29, 1.82) is 0 Å². The molecule has 0 spiro atoms. The van der Waals surface area contributed by atoms with Crippen molar-refractivity contribution in [3.63, 3.8) is 0 Å². The van der Waals surface area contributed by atoms with Gasteiger partial charge in [0.15, 0.2) is 12.6 Å². The quantitative estimate of drug-likeness (QED) is 0.0714. The summed E-state index contributed by atoms with van der Waals surface area (Å²) in [5.41, 5.74) is 1.47. The van der Waals surface area contributed by atoms with E-state index in [0.717, 1.165) is 45.2 Å². The van der Waals surface area contributed by atoms with Crippen LogP contribution in [0, 0.1) is 0 Å². The number of aliphatic hydroxyl groups excluding tert-OH is 2. The first-order valence-corrected chi connectivity index (χ1v) is 23.8. The van der Waals surface area contributed by atoms with Crippen LogP contribution in [0.1, 0.15) is 150 Å². The normalized spacial score (nSPS) is 17.0. The molecule has 0 radical (unpaired) electrons. The highest BCUT2D eigenvalue weighted by Gasteiger charge is 2.33. The fourth-order valence-corrected chi connectivity index (χ4v) is 8.09. The lowest BCUT2D eigenvalue weighted by Gasteiger charge is -2.25. The smallest absolute Gasteiger partial charge is 0.354 e. The molecule has 3 aliphatic heterocycles. The van der Waals surface area contributed by atoms with Crippen LogP contribution in [0.25, 0.3) is 0 Å². The number of rotatable bonds is 13. The van der Waals surface area contributed by atoms with Gasteiger partial charge in [0.2, 0.25) is 0 Å². The number of aromatic carboxylic acids is 1. The third-order valence-corrected chi connectivity index (χ3v) is 11.8. The second-order valence-electron chi connectivity index (χ2n) is 17.8. The monoisotopic (exact) mass is 988 g/mol. The van der Waals surface area contributed by atoms with Crippen molar-refractivity contribution >= 4 is 30.4 Å². The number of aldehydes is 2. The first kappa shape index (κ1) is 56.5. The number of ether oxygens (including phenoxy) is 1. The van der Waals surface area contributed by atoms with E-state index in [4.69, 9.17) is 25.2 Å². The Balaban J connectivity index is 0.000000209. The van der Waals surface area contributed by atoms with Crippen molar-refractivity contribution < 1.29 is 59.3 Å². The molecule has 3 aromatic heterocycles. The van der Waals surface area contributed by atoms with E-state index in [0.29, 0.717) is 48.9 Å². The second-order valence-corrected chi connectivity index (χ2v) is 17.8. The molecule has 5 aromatic rings. The predicted molar refractivity (Wildman–Crippen MR) is 262 cm³/mol. The summed E-state index contributed by atoms with van der Waals surface area (Å²) >= 11 is 0. The fourth-order valence-electron chi connectivity index (χ4n) is 8.09. The lowest BCUT2D eigenvalue weighted by Crippen LogP contribution is -2.40. The Morgan fingerprint density at radius 1 is 0.634 bits per heavy atom. The van der Waals surface area contributed by atoms with Crippen LogP contribution in [-0.4, -0.2) is 158 Å². The van der Waals surface area contributed by atoms with Gasteiger partial charge in [0.25, 0.3) is 11.8 Å². The molecule has 71 heavy (non-hydrogen) atoms. The van der Waals surface area contributed by atoms with Crippen LogP contribution in [0.2, 0.25) is 0 Å². The molecule has 6 heterocycles. The molecule has 3 fully saturated rings. The standard InChI is InChI=1S/C19H23N3O4.C12H19N3O2.C7H10N2O2.C7H6O3.C5H11NO/c1-13(2)22-16(8-9-20-22)19(25)21-10-4-5-14(21)12-26-18-7-3-6-17(24)15(18)11-23;1-9(2)15-11(5-6-13-15)12(17)14-7-3-4-10(14)8-16;1-5(2)9-6(7(10)11)3-4-8-9;8-4-5-6(9)2-1-3-7(5)10;7-4-5-2-1-3-6-5/h3,6-9,11,13-14,24H,4-5,10,12H2,1-2H3;5-6,9-10,16H,3-4,7-8H2,1-2H3;3-5H,1-2H3,(H,10,11);1-4,9-10H;5-7H,1-4H2/t14-;10-;;;5-/m00..0/s1. The molecule has 2 amide bonds. The number of hydrogen-bond donors (Lipinski definition) is 7. The summed E-state index contributed by atoms with van der Waals surface area (Å²) in [5.74, 6) is -1.20. The minimum atomic E-state index is -0.934. The highest BCUT2D eigenvalue weighted by Crippen LogP contribution is 2.28. The van der Waals surface area contributed by atoms with Crippen LogP contribution in [0.5, 0.6) is 23.0 Å². The zero-order chi connectivity index (χ0) is 52.2. The maximum absolute atomic E-state index is 12.9. The fraction of sp³-hybridized carbons (Fsp3) is 0.480. The molecule has 0 saturated carbocycles. The van der Waals surface area contributed by atoms with Gasteiger partial charge in [0.1, 0.15) is 46.7 Å². The molecule has 3 saturated heterocycles. The molecule has 0 bridgehead atoms. The Morgan fingerprint density at radius 2 is 1.08 bits per heavy atom. The van der Waals surface area contributed by atoms with Gasteiger partial charge in [-0.05, 0) is 129 Å². The highest BCUT2D eigenvalue weighted by molar-refractivity contribution is 5.93. The maximum atomic E-state index is 12.9. The van der Waals surface area contributed by atoms with Crippen LogP contribution in [-0.2, 0) is 0 Å². The number of phenols is 3. The van der Waals surface area contributed by atoms with Crippen molar-refractivity contribution in [2.24, 2.45) is 0 Å². The minimum Gasteiger partial charge on any atom is -0.507 e. The summed E-state index contributed by atoms with van der Waals surface area (Å²) < 4.78 is 10.7. The minimum absolute atomic E-state index is 0.0206. The number of phenolic OH excluding ortho intramolecular Hbond substituents is 3. The third kappa shape index (κ3) is 15.4. The van der Waals surface area contributed by atoms with E-state index in [9.17, 15) is 34.2 Å². The summed E-state index contributed by atoms with van der Waals surface area (Å²) in [6.45, 7) is 14.8. The Bertz CT molecular complexity index is 2460. The van der Waals surface area contributed by atoms with Gasteiger partial charge in [0.05, 0.1) is 36.4 Å². The van der Waals surface area contributed by atoms with Crippen molar-refractivity contribution in [1.82, 2.24) is 44.5 Å². The van der Waals surface area contributed by atoms with Crippen LogP contribution in [0.3, 0.4) is 0 Å². The summed E-state index contributed by atoms with van der Waals surface area (Å²) in [4.78, 5) is 60.7. The highest BCUT2D eigenvalue weighted by atomic mass is 16.5. The summed E-state index contributed by atoms with van der Waals surface area (Å²) in [6.07, 6.45) is 11.7. The SMILES string of the molecule is CC(C)n1nccc1C(=O)N1CCC[C@H]1CO.CC(C)n1nccc1C(=O)N1CCC[C@H]1COc1cccc(O)c1C=O.CC(C)n1nccc1C(=O)O.O=Cc1c(O)cccc1O.OC[C@@H]1CCCN1. The number of carbonyl (C=O) groups excluding carboxylic acids is 4. The molecule has 0 aliphatic carbocycles. The van der Waals surface area contributed by atoms with Crippen molar-refractivity contribution in [3.05, 3.63) is 101 Å². The van der Waals surface area contributed by atoms with E-state index in [-0.39, 0.29) is 89.3 Å². The Hall–Kier alpha value is -7.10. The Labute approximate surface area is 413 Å². The number of carboxylic acids is 1. The number of nitrogens with one attached hydrogen (secondary N) is 1. The number of carbonyl (C=O) groups is 5. The van der Waals surface area contributed by atoms with Gasteiger partial charge in [-0.15, -0.1) is 0 Å². The number of aromatic nitrogens is 6. The molecule has 3 atom stereocenters. The van der Waals surface area contributed by atoms with Gasteiger partial charge in [0, 0.05) is 55.8 Å². The van der Waals surface area contributed by atoms with Gasteiger partial charge in [-0.3, -0.25) is 33.2 Å². The van der Waals surface area contributed by atoms with Crippen molar-refractivity contribution in [3.8, 4) is 23.0 Å². The zero-order valence-corrected chi connectivity index (χ0v) is 41.2. The number of nitrogens with zero attached hydrogens (tertiary/aromatic N) is 8. The Kier molecular flexibility index (Phi) is 22.2. The zero-order valence-electron chi connectivity index (χ0n) is 41.2. The number of carboxylic acid groups (broad SMARTS) is 1. The number of hydrogen-bond acceptors (Lipinski definition) is 15. The van der Waals surface area contributed by atoms with Crippen molar-refractivity contribution in [2.45, 2.75) is 116 Å². The van der Waals surface area contributed by atoms with Gasteiger partial charge in [-0.25, -0.2) is 4.79 Å². The lowest BCUT2D eigenvalue weighted by molar-refractivity contribution is 0.0659. The molecule has 386 valence electrons. The summed E-state index contributed by atoms with van der Waals surface area (Å²) in [7, 11) is 0. The van der Waals surface area contributed by atoms with Gasteiger partial charge in [-0.1, -0.05) is 12.1 Å². The molecule has 21 nitrogen and oxygen atoms in total. The van der Waals surface area contributed by atoms with E-state index in [1.54, 1.807) is 55.8 Å². The van der Waals surface area contributed by atoms with Gasteiger partial charge < -0.3 is 50.5 Å². The van der Waals surface area contributed by atoms with E-state index in [2.05, 4.69) is 20.6 Å².